The lowest BCUT2D eigenvalue weighted by molar-refractivity contribution is -0.127. The Morgan fingerprint density at radius 3 is 2.74 bits per heavy atom. The van der Waals surface area contributed by atoms with Crippen LogP contribution in [0.1, 0.15) is 19.3 Å². The Hall–Kier alpha value is -3.12. The number of nitrogens with one attached hydrogen (secondary N) is 1. The Kier molecular flexibility index (Phi) is 6.37. The molecule has 0 saturated carbocycles. The highest BCUT2D eigenvalue weighted by atomic mass is 35.5. The van der Waals surface area contributed by atoms with Gasteiger partial charge in [-0.2, -0.15) is 0 Å². The van der Waals surface area contributed by atoms with Crippen molar-refractivity contribution in [3.05, 3.63) is 65.4 Å². The summed E-state index contributed by atoms with van der Waals surface area (Å²) in [6.45, 7) is 2.11. The maximum absolute atomic E-state index is 14.6. The average Bonchev–Trinajstić information content (AvgIpc) is 3.16. The van der Waals surface area contributed by atoms with E-state index in [1.54, 1.807) is 48.5 Å². The molecule has 1 aromatic heterocycles. The topological polar surface area (TPSA) is 65.5 Å². The number of halogens is 2. The molecule has 31 heavy (non-hydrogen) atoms. The normalized spacial score (nSPS) is 13.6. The average molecular weight is 440 g/mol. The number of nitrogens with zero attached hydrogens (tertiary/aromatic N) is 2. The van der Waals surface area contributed by atoms with Gasteiger partial charge in [0.2, 0.25) is 5.91 Å². The SMILES string of the molecule is O=C1CCCN1CCCNc1cc(-c2c(F)cccc2Cl)cc(-c2ccccc2O)n1. The van der Waals surface area contributed by atoms with E-state index in [9.17, 15) is 14.3 Å². The maximum atomic E-state index is 14.6. The number of hydrogen-bond donors (Lipinski definition) is 2. The van der Waals surface area contributed by atoms with Crippen molar-refractivity contribution in [2.24, 2.45) is 0 Å². The molecular weight excluding hydrogens is 417 g/mol. The predicted octanol–water partition coefficient (Wildman–Crippen LogP) is 5.34. The summed E-state index contributed by atoms with van der Waals surface area (Å²) >= 11 is 6.29. The maximum Gasteiger partial charge on any atom is 0.222 e. The highest BCUT2D eigenvalue weighted by Crippen LogP contribution is 2.36. The van der Waals surface area contributed by atoms with Gasteiger partial charge in [-0.3, -0.25) is 4.79 Å². The van der Waals surface area contributed by atoms with Gasteiger partial charge in [0, 0.05) is 37.2 Å². The number of amides is 1. The van der Waals surface area contributed by atoms with Crippen LogP contribution in [0.3, 0.4) is 0 Å². The fraction of sp³-hybridized carbons (Fsp3) is 0.250. The lowest BCUT2D eigenvalue weighted by Crippen LogP contribution is -2.27. The summed E-state index contributed by atoms with van der Waals surface area (Å²) in [6, 6.07) is 14.9. The molecule has 1 saturated heterocycles. The van der Waals surface area contributed by atoms with E-state index in [0.29, 0.717) is 47.2 Å². The van der Waals surface area contributed by atoms with Crippen LogP contribution >= 0.6 is 11.6 Å². The molecule has 0 aliphatic carbocycles. The molecule has 1 amide bonds. The van der Waals surface area contributed by atoms with E-state index in [0.717, 1.165) is 19.4 Å². The number of rotatable bonds is 7. The number of carbonyl (C=O) groups excluding carboxylic acids is 1. The van der Waals surface area contributed by atoms with Gasteiger partial charge in [0.15, 0.2) is 0 Å². The minimum absolute atomic E-state index is 0.0882. The summed E-state index contributed by atoms with van der Waals surface area (Å²) in [5.74, 6) is 0.407. The summed E-state index contributed by atoms with van der Waals surface area (Å²) in [5, 5.41) is 13.9. The van der Waals surface area contributed by atoms with Crippen molar-refractivity contribution in [1.29, 1.82) is 0 Å². The molecule has 5 nitrogen and oxygen atoms in total. The second-order valence-electron chi connectivity index (χ2n) is 7.50. The van der Waals surface area contributed by atoms with Crippen molar-refractivity contribution >= 4 is 23.3 Å². The molecule has 3 aromatic rings. The van der Waals surface area contributed by atoms with Gasteiger partial charge in [-0.15, -0.1) is 0 Å². The van der Waals surface area contributed by atoms with Crippen molar-refractivity contribution in [3.63, 3.8) is 0 Å². The summed E-state index contributed by atoms with van der Waals surface area (Å²) < 4.78 is 14.6. The number of likely N-dealkylation sites (tertiary alicyclic amines) is 1. The number of hydrogen-bond acceptors (Lipinski definition) is 4. The molecule has 0 bridgehead atoms. The molecule has 2 heterocycles. The molecule has 1 aliphatic heterocycles. The Morgan fingerprint density at radius 2 is 2.00 bits per heavy atom. The summed E-state index contributed by atoms with van der Waals surface area (Å²) in [4.78, 5) is 18.2. The van der Waals surface area contributed by atoms with Crippen LogP contribution in [0.2, 0.25) is 5.02 Å². The fourth-order valence-electron chi connectivity index (χ4n) is 3.79. The second-order valence-corrected chi connectivity index (χ2v) is 7.91. The van der Waals surface area contributed by atoms with Crippen molar-refractivity contribution in [2.75, 3.05) is 25.0 Å². The first kappa shape index (κ1) is 21.1. The minimum Gasteiger partial charge on any atom is -0.507 e. The summed E-state index contributed by atoms with van der Waals surface area (Å²) in [7, 11) is 0. The van der Waals surface area contributed by atoms with Gasteiger partial charge in [-0.25, -0.2) is 9.37 Å². The van der Waals surface area contributed by atoms with Gasteiger partial charge in [0.05, 0.1) is 10.7 Å². The minimum atomic E-state index is -0.430. The van der Waals surface area contributed by atoms with Crippen LogP contribution in [-0.2, 0) is 4.79 Å². The fourth-order valence-corrected chi connectivity index (χ4v) is 4.07. The lowest BCUT2D eigenvalue weighted by Gasteiger charge is -2.16. The van der Waals surface area contributed by atoms with Crippen LogP contribution < -0.4 is 5.32 Å². The molecular formula is C24H23ClFN3O2. The molecule has 0 atom stereocenters. The third kappa shape index (κ3) is 4.80. The van der Waals surface area contributed by atoms with Crippen LogP contribution in [0.5, 0.6) is 5.75 Å². The van der Waals surface area contributed by atoms with Gasteiger partial charge in [0.1, 0.15) is 17.4 Å². The number of benzene rings is 2. The van der Waals surface area contributed by atoms with Crippen LogP contribution in [0.4, 0.5) is 10.2 Å². The van der Waals surface area contributed by atoms with E-state index in [1.807, 2.05) is 4.90 Å². The van der Waals surface area contributed by atoms with Crippen LogP contribution in [-0.4, -0.2) is 40.5 Å². The number of anilines is 1. The molecule has 0 spiro atoms. The van der Waals surface area contributed by atoms with Gasteiger partial charge >= 0.3 is 0 Å². The number of aromatic hydroxyl groups is 1. The zero-order chi connectivity index (χ0) is 21.8. The molecule has 2 aromatic carbocycles. The third-order valence-corrected chi connectivity index (χ3v) is 5.65. The number of aromatic nitrogens is 1. The monoisotopic (exact) mass is 439 g/mol. The molecule has 4 rings (SSSR count). The van der Waals surface area contributed by atoms with E-state index < -0.39 is 5.82 Å². The standard InChI is InChI=1S/C24H23ClFN3O2/c25-18-7-3-8-19(26)24(18)16-14-20(17-6-1-2-9-21(17)30)28-22(15-16)27-11-5-13-29-12-4-10-23(29)31/h1-3,6-9,14-15,30H,4-5,10-13H2,(H,27,28). The van der Waals surface area contributed by atoms with E-state index in [1.165, 1.54) is 6.07 Å². The Bertz CT molecular complexity index is 1090. The van der Waals surface area contributed by atoms with Gasteiger partial charge in [0.25, 0.3) is 0 Å². The summed E-state index contributed by atoms with van der Waals surface area (Å²) in [5.41, 5.74) is 1.90. The first-order valence-electron chi connectivity index (χ1n) is 10.3. The number of pyridine rings is 1. The number of para-hydroxylation sites is 1. The zero-order valence-corrected chi connectivity index (χ0v) is 17.7. The largest absolute Gasteiger partial charge is 0.507 e. The molecule has 2 N–H and O–H groups in total. The Morgan fingerprint density at radius 1 is 1.16 bits per heavy atom. The summed E-state index contributed by atoms with van der Waals surface area (Å²) in [6.07, 6.45) is 2.32. The molecule has 160 valence electrons. The molecule has 0 radical (unpaired) electrons. The Labute approximate surface area is 185 Å². The first-order chi connectivity index (χ1) is 15.0. The van der Waals surface area contributed by atoms with Crippen molar-refractivity contribution < 1.29 is 14.3 Å². The van der Waals surface area contributed by atoms with Gasteiger partial charge < -0.3 is 15.3 Å². The molecule has 7 heteroatoms. The number of phenolic OH excluding ortho intramolecular Hbond substituents is 1. The van der Waals surface area contributed by atoms with Gasteiger partial charge in [-0.1, -0.05) is 29.8 Å². The molecule has 1 aliphatic rings. The van der Waals surface area contributed by atoms with Crippen molar-refractivity contribution in [2.45, 2.75) is 19.3 Å². The van der Waals surface area contributed by atoms with Gasteiger partial charge in [-0.05, 0) is 54.8 Å². The predicted molar refractivity (Wildman–Crippen MR) is 121 cm³/mol. The van der Waals surface area contributed by atoms with E-state index in [-0.39, 0.29) is 17.2 Å². The number of carbonyl (C=O) groups is 1. The van der Waals surface area contributed by atoms with Crippen LogP contribution in [0.15, 0.2) is 54.6 Å². The van der Waals surface area contributed by atoms with Crippen molar-refractivity contribution in [1.82, 2.24) is 9.88 Å². The first-order valence-corrected chi connectivity index (χ1v) is 10.7. The Balaban J connectivity index is 1.62. The quantitative estimate of drug-likeness (QED) is 0.488. The number of phenols is 1. The molecule has 1 fully saturated rings. The highest BCUT2D eigenvalue weighted by molar-refractivity contribution is 6.33. The van der Waals surface area contributed by atoms with Crippen LogP contribution in [0, 0.1) is 5.82 Å². The zero-order valence-electron chi connectivity index (χ0n) is 16.9. The van der Waals surface area contributed by atoms with Crippen molar-refractivity contribution in [3.8, 4) is 28.1 Å². The highest BCUT2D eigenvalue weighted by Gasteiger charge is 2.19. The van der Waals surface area contributed by atoms with E-state index in [2.05, 4.69) is 10.3 Å². The van der Waals surface area contributed by atoms with E-state index >= 15 is 0 Å². The smallest absolute Gasteiger partial charge is 0.222 e. The lowest BCUT2D eigenvalue weighted by atomic mass is 10.0. The molecule has 0 unspecified atom stereocenters. The third-order valence-electron chi connectivity index (χ3n) is 5.34. The van der Waals surface area contributed by atoms with E-state index in [4.69, 9.17) is 11.6 Å². The van der Waals surface area contributed by atoms with Crippen LogP contribution in [0.25, 0.3) is 22.4 Å². The second kappa shape index (κ2) is 9.35.